The van der Waals surface area contributed by atoms with Crippen LogP contribution >= 0.6 is 0 Å². The Kier molecular flexibility index (Phi) is 5.11. The van der Waals surface area contributed by atoms with Crippen LogP contribution in [0.15, 0.2) is 35.6 Å². The second-order valence-electron chi connectivity index (χ2n) is 7.45. The number of ether oxygens (including phenoxy) is 2. The van der Waals surface area contributed by atoms with Crippen molar-refractivity contribution >= 4 is 29.3 Å². The molecule has 26 heavy (non-hydrogen) atoms. The van der Waals surface area contributed by atoms with Crippen LogP contribution < -0.4 is 4.74 Å². The lowest BCUT2D eigenvalue weighted by molar-refractivity contribution is 0.0127. The molecule has 2 aromatic rings. The molecule has 0 N–H and O–H groups in total. The monoisotopic (exact) mass is 355 g/mol. The number of aromatic nitrogens is 1. The van der Waals surface area contributed by atoms with Crippen LogP contribution in [0.1, 0.15) is 33.6 Å². The molecule has 1 aromatic carbocycles. The van der Waals surface area contributed by atoms with Crippen molar-refractivity contribution in [2.24, 2.45) is 4.99 Å². The Balaban J connectivity index is 1.66. The van der Waals surface area contributed by atoms with Gasteiger partial charge in [0.2, 0.25) is 0 Å². The number of rotatable bonds is 3. The predicted octanol–water partition coefficient (Wildman–Crippen LogP) is 4.35. The number of hydrogen-bond donors (Lipinski definition) is 0. The topological polar surface area (TPSA) is 64.0 Å². The van der Waals surface area contributed by atoms with Crippen molar-refractivity contribution in [1.82, 2.24) is 9.88 Å². The first-order chi connectivity index (χ1) is 12.4. The first kappa shape index (κ1) is 18.2. The molecule has 0 aliphatic carbocycles. The van der Waals surface area contributed by atoms with Gasteiger partial charge in [0.1, 0.15) is 23.1 Å². The molecule has 1 aromatic heterocycles. The van der Waals surface area contributed by atoms with E-state index in [-0.39, 0.29) is 12.2 Å². The van der Waals surface area contributed by atoms with E-state index >= 15 is 0 Å². The predicted molar refractivity (Wildman–Crippen MR) is 102 cm³/mol. The van der Waals surface area contributed by atoms with Gasteiger partial charge in [-0.25, -0.2) is 4.79 Å². The number of benzene rings is 1. The zero-order valence-electron chi connectivity index (χ0n) is 15.6. The molecule has 0 saturated carbocycles. The summed E-state index contributed by atoms with van der Waals surface area (Å²) in [7, 11) is 0. The summed E-state index contributed by atoms with van der Waals surface area (Å²) in [5.74, 6) is 0.717. The van der Waals surface area contributed by atoms with Gasteiger partial charge in [0.15, 0.2) is 0 Å². The molecule has 6 heteroatoms. The van der Waals surface area contributed by atoms with E-state index in [9.17, 15) is 4.79 Å². The van der Waals surface area contributed by atoms with Gasteiger partial charge < -0.3 is 14.4 Å². The number of nitrogens with zero attached hydrogens (tertiary/aromatic N) is 3. The molecule has 0 atom stereocenters. The van der Waals surface area contributed by atoms with Crippen LogP contribution in [0.2, 0.25) is 0 Å². The van der Waals surface area contributed by atoms with Gasteiger partial charge >= 0.3 is 6.09 Å². The fourth-order valence-electron chi connectivity index (χ4n) is 3.05. The van der Waals surface area contributed by atoms with Crippen LogP contribution in [0.25, 0.3) is 10.8 Å². The molecule has 2 heterocycles. The van der Waals surface area contributed by atoms with Crippen LogP contribution in [-0.4, -0.2) is 47.5 Å². The van der Waals surface area contributed by atoms with Gasteiger partial charge in [0.05, 0.1) is 0 Å². The van der Waals surface area contributed by atoms with E-state index in [1.54, 1.807) is 17.3 Å². The van der Waals surface area contributed by atoms with Gasteiger partial charge in [-0.2, -0.15) is 0 Å². The largest absolute Gasteiger partial charge is 0.488 e. The van der Waals surface area contributed by atoms with Crippen molar-refractivity contribution in [3.05, 3.63) is 30.6 Å². The minimum Gasteiger partial charge on any atom is -0.488 e. The third kappa shape index (κ3) is 4.12. The molecule has 3 rings (SSSR count). The number of piperidine rings is 1. The molecule has 6 nitrogen and oxygen atoms in total. The Hall–Kier alpha value is -2.63. The summed E-state index contributed by atoms with van der Waals surface area (Å²) >= 11 is 0. The van der Waals surface area contributed by atoms with Crippen molar-refractivity contribution in [3.63, 3.8) is 0 Å². The molecular weight excluding hydrogens is 330 g/mol. The first-order valence-electron chi connectivity index (χ1n) is 8.85. The van der Waals surface area contributed by atoms with Gasteiger partial charge in [-0.3, -0.25) is 9.98 Å². The molecule has 0 unspecified atom stereocenters. The Morgan fingerprint density at radius 3 is 2.65 bits per heavy atom. The third-order valence-corrected chi connectivity index (χ3v) is 4.30. The number of fused-ring (bicyclic) bond motifs is 1. The van der Waals surface area contributed by atoms with Crippen LogP contribution in [0.5, 0.6) is 5.75 Å². The maximum Gasteiger partial charge on any atom is 0.410 e. The highest BCUT2D eigenvalue weighted by Gasteiger charge is 2.28. The van der Waals surface area contributed by atoms with E-state index in [0.29, 0.717) is 13.1 Å². The molecule has 1 aliphatic heterocycles. The van der Waals surface area contributed by atoms with Crippen LogP contribution in [0, 0.1) is 0 Å². The zero-order chi connectivity index (χ0) is 18.7. The summed E-state index contributed by atoms with van der Waals surface area (Å²) in [5, 5.41) is 1.97. The second-order valence-corrected chi connectivity index (χ2v) is 7.45. The van der Waals surface area contributed by atoms with Gasteiger partial charge in [0.25, 0.3) is 0 Å². The van der Waals surface area contributed by atoms with Crippen LogP contribution in [0.3, 0.4) is 0 Å². The summed E-state index contributed by atoms with van der Waals surface area (Å²) in [4.78, 5) is 22.2. The summed E-state index contributed by atoms with van der Waals surface area (Å²) in [6, 6.07) is 5.80. The molecule has 1 fully saturated rings. The average molecular weight is 355 g/mol. The third-order valence-electron chi connectivity index (χ3n) is 4.30. The van der Waals surface area contributed by atoms with Gasteiger partial charge in [-0.05, 0) is 45.7 Å². The lowest BCUT2D eigenvalue weighted by atomic mass is 10.1. The Bertz CT molecular complexity index is 806. The molecular formula is C20H25N3O3. The van der Waals surface area contributed by atoms with Crippen molar-refractivity contribution in [1.29, 1.82) is 0 Å². The minimum atomic E-state index is -0.477. The quantitative estimate of drug-likeness (QED) is 0.768. The van der Waals surface area contributed by atoms with Crippen molar-refractivity contribution in [2.75, 3.05) is 13.1 Å². The molecule has 138 valence electrons. The molecule has 0 radical (unpaired) electrons. The Labute approximate surface area is 153 Å². The zero-order valence-corrected chi connectivity index (χ0v) is 15.6. The lowest BCUT2D eigenvalue weighted by Gasteiger charge is -2.33. The fraction of sp³-hybridized carbons (Fsp3) is 0.450. The highest BCUT2D eigenvalue weighted by atomic mass is 16.6. The smallest absolute Gasteiger partial charge is 0.410 e. The van der Waals surface area contributed by atoms with E-state index in [4.69, 9.17) is 9.47 Å². The van der Waals surface area contributed by atoms with Crippen LogP contribution in [0.4, 0.5) is 10.5 Å². The van der Waals surface area contributed by atoms with Crippen LogP contribution in [-0.2, 0) is 4.74 Å². The normalized spacial score (nSPS) is 15.7. The van der Waals surface area contributed by atoms with E-state index < -0.39 is 5.60 Å². The number of pyridine rings is 1. The van der Waals surface area contributed by atoms with E-state index in [2.05, 4.69) is 16.7 Å². The van der Waals surface area contributed by atoms with Crippen molar-refractivity contribution < 1.29 is 14.3 Å². The summed E-state index contributed by atoms with van der Waals surface area (Å²) in [5.41, 5.74) is 0.258. The Morgan fingerprint density at radius 1 is 1.27 bits per heavy atom. The van der Waals surface area contributed by atoms with E-state index in [1.807, 2.05) is 39.0 Å². The van der Waals surface area contributed by atoms with E-state index in [0.717, 1.165) is 35.1 Å². The number of amides is 1. The second kappa shape index (κ2) is 7.32. The highest BCUT2D eigenvalue weighted by molar-refractivity contribution is 5.95. The average Bonchev–Trinajstić information content (AvgIpc) is 2.60. The SMILES string of the molecule is C=Nc1c(OC2CCN(C(=O)OC(C)(C)C)CC2)ccc2cnccc12. The molecule has 0 spiro atoms. The fourth-order valence-corrected chi connectivity index (χ4v) is 3.05. The Morgan fingerprint density at radius 2 is 2.00 bits per heavy atom. The maximum atomic E-state index is 12.2. The standard InChI is InChI=1S/C20H25N3O3/c1-20(2,3)26-19(24)23-11-8-15(9-12-23)25-17-6-5-14-13-22-10-7-16(14)18(17)21-4/h5-7,10,13,15H,4,8-9,11-12H2,1-3H3. The number of carbonyl (C=O) groups is 1. The number of likely N-dealkylation sites (tertiary alicyclic amines) is 1. The van der Waals surface area contributed by atoms with E-state index in [1.165, 1.54) is 0 Å². The van der Waals surface area contributed by atoms with Gasteiger partial charge in [0, 0.05) is 49.1 Å². The van der Waals surface area contributed by atoms with Crippen molar-refractivity contribution in [3.8, 4) is 5.75 Å². The molecule has 0 bridgehead atoms. The number of carbonyl (C=O) groups excluding carboxylic acids is 1. The molecule has 1 aliphatic rings. The van der Waals surface area contributed by atoms with Crippen molar-refractivity contribution in [2.45, 2.75) is 45.3 Å². The highest BCUT2D eigenvalue weighted by Crippen LogP contribution is 2.36. The number of hydrogen-bond acceptors (Lipinski definition) is 5. The van der Waals surface area contributed by atoms with Gasteiger partial charge in [-0.15, -0.1) is 0 Å². The minimum absolute atomic E-state index is 0.0356. The first-order valence-corrected chi connectivity index (χ1v) is 8.85. The summed E-state index contributed by atoms with van der Waals surface area (Å²) < 4.78 is 11.6. The lowest BCUT2D eigenvalue weighted by Crippen LogP contribution is -2.44. The maximum absolute atomic E-state index is 12.2. The molecule has 1 amide bonds. The number of aliphatic imine (C=N–C) groups is 1. The summed E-state index contributed by atoms with van der Waals surface area (Å²) in [6.45, 7) is 10.5. The van der Waals surface area contributed by atoms with Gasteiger partial charge in [-0.1, -0.05) is 0 Å². The summed E-state index contributed by atoms with van der Waals surface area (Å²) in [6.07, 6.45) is 4.82. The molecule has 1 saturated heterocycles.